The van der Waals surface area contributed by atoms with E-state index in [1.165, 1.54) is 38.4 Å². The third kappa shape index (κ3) is 2.62. The van der Waals surface area contributed by atoms with Crippen LogP contribution in [0.3, 0.4) is 0 Å². The summed E-state index contributed by atoms with van der Waals surface area (Å²) in [5.74, 6) is 1.34. The van der Waals surface area contributed by atoms with Gasteiger partial charge < -0.3 is 0 Å². The Morgan fingerprint density at radius 1 is 1.09 bits per heavy atom. The molecule has 1 aromatic rings. The zero-order valence-electron chi connectivity index (χ0n) is 13.3. The summed E-state index contributed by atoms with van der Waals surface area (Å²) in [7, 11) is -3.18. The molecule has 0 aliphatic heterocycles. The Bertz CT molecular complexity index is 669. The van der Waals surface area contributed by atoms with Crippen LogP contribution in [0.5, 0.6) is 0 Å². The number of benzene rings is 1. The molecule has 2 fully saturated rings. The van der Waals surface area contributed by atoms with Gasteiger partial charge in [-0.15, -0.1) is 0 Å². The number of ketones is 1. The van der Waals surface area contributed by atoms with E-state index in [4.69, 9.17) is 0 Å². The van der Waals surface area contributed by atoms with E-state index in [9.17, 15) is 13.2 Å². The third-order valence-electron chi connectivity index (χ3n) is 5.66. The molecule has 22 heavy (non-hydrogen) atoms. The van der Waals surface area contributed by atoms with E-state index in [1.807, 2.05) is 12.1 Å². The lowest BCUT2D eigenvalue weighted by Gasteiger charge is -2.25. The second-order valence-corrected chi connectivity index (χ2v) is 9.05. The molecule has 0 bridgehead atoms. The summed E-state index contributed by atoms with van der Waals surface area (Å²) < 4.78 is 23.2. The van der Waals surface area contributed by atoms with Gasteiger partial charge in [-0.1, -0.05) is 44.2 Å². The molecule has 0 radical (unpaired) electrons. The highest BCUT2D eigenvalue weighted by molar-refractivity contribution is 7.90. The minimum atomic E-state index is -3.18. The highest BCUT2D eigenvalue weighted by Crippen LogP contribution is 2.61. The second-order valence-electron chi connectivity index (χ2n) is 7.03. The topological polar surface area (TPSA) is 51.2 Å². The molecule has 0 N–H and O–H groups in total. The molecular formula is C18H24O3S. The maximum absolute atomic E-state index is 12.3. The Morgan fingerprint density at radius 3 is 2.18 bits per heavy atom. The van der Waals surface area contributed by atoms with Crippen molar-refractivity contribution in [2.45, 2.75) is 55.8 Å². The number of Topliss-reactive ketones (excluding diaryl/α,β-unsaturated/α-hetero) is 1. The maximum atomic E-state index is 12.3. The fourth-order valence-corrected chi connectivity index (χ4v) is 4.96. The van der Waals surface area contributed by atoms with E-state index in [0.717, 1.165) is 12.0 Å². The van der Waals surface area contributed by atoms with Crippen LogP contribution in [0.15, 0.2) is 29.2 Å². The van der Waals surface area contributed by atoms with Crippen molar-refractivity contribution in [3.63, 3.8) is 0 Å². The van der Waals surface area contributed by atoms with Crippen LogP contribution >= 0.6 is 0 Å². The van der Waals surface area contributed by atoms with Crippen LogP contribution in [0.1, 0.15) is 51.0 Å². The molecule has 0 aromatic heterocycles. The van der Waals surface area contributed by atoms with Gasteiger partial charge >= 0.3 is 0 Å². The van der Waals surface area contributed by atoms with Gasteiger partial charge in [-0.25, -0.2) is 8.42 Å². The second kappa shape index (κ2) is 5.48. The number of carbonyl (C=O) groups excluding carboxylic acids is 1. The van der Waals surface area contributed by atoms with E-state index in [0.29, 0.717) is 16.7 Å². The van der Waals surface area contributed by atoms with Crippen molar-refractivity contribution in [1.29, 1.82) is 0 Å². The van der Waals surface area contributed by atoms with Gasteiger partial charge in [-0.3, -0.25) is 4.79 Å². The summed E-state index contributed by atoms with van der Waals surface area (Å²) >= 11 is 0. The van der Waals surface area contributed by atoms with Crippen LogP contribution in [-0.2, 0) is 20.0 Å². The first-order valence-corrected chi connectivity index (χ1v) is 10.1. The third-order valence-corrected chi connectivity index (χ3v) is 6.79. The van der Waals surface area contributed by atoms with Crippen molar-refractivity contribution in [1.82, 2.24) is 0 Å². The van der Waals surface area contributed by atoms with Crippen LogP contribution in [-0.4, -0.2) is 20.5 Å². The first kappa shape index (κ1) is 15.7. The standard InChI is InChI=1S/C18H24O3S/c1-13(19)18(12-17(18)14-6-4-3-5-7-14)15-8-10-16(11-9-15)22(2,20)21/h8-11,14,17H,3-7,12H2,1-2H3/t17-,18-/m0/s1. The molecule has 3 rings (SSSR count). The zero-order valence-corrected chi connectivity index (χ0v) is 14.2. The fourth-order valence-electron chi connectivity index (χ4n) is 4.33. The number of carbonyl (C=O) groups is 1. The summed E-state index contributed by atoms with van der Waals surface area (Å²) in [6.07, 6.45) is 8.50. The molecule has 1 aromatic carbocycles. The Hall–Kier alpha value is -1.16. The first-order chi connectivity index (χ1) is 10.4. The lowest BCUT2D eigenvalue weighted by atomic mass is 9.79. The van der Waals surface area contributed by atoms with Crippen molar-refractivity contribution in [2.24, 2.45) is 11.8 Å². The lowest BCUT2D eigenvalue weighted by Crippen LogP contribution is -2.24. The van der Waals surface area contributed by atoms with E-state index in [1.54, 1.807) is 19.1 Å². The van der Waals surface area contributed by atoms with Gasteiger partial charge in [0.2, 0.25) is 0 Å². The highest BCUT2D eigenvalue weighted by atomic mass is 32.2. The Morgan fingerprint density at radius 2 is 1.68 bits per heavy atom. The van der Waals surface area contributed by atoms with Crippen molar-refractivity contribution >= 4 is 15.6 Å². The summed E-state index contributed by atoms with van der Waals surface area (Å²) in [5.41, 5.74) is 0.654. The Labute approximate surface area is 133 Å². The van der Waals surface area contributed by atoms with E-state index < -0.39 is 9.84 Å². The minimum Gasteiger partial charge on any atom is -0.299 e. The Balaban J connectivity index is 1.88. The van der Waals surface area contributed by atoms with Gasteiger partial charge in [-0.05, 0) is 42.9 Å². The average Bonchev–Trinajstić information content (AvgIpc) is 3.24. The van der Waals surface area contributed by atoms with Gasteiger partial charge in [0.15, 0.2) is 9.84 Å². The molecule has 2 atom stereocenters. The van der Waals surface area contributed by atoms with Crippen molar-refractivity contribution < 1.29 is 13.2 Å². The maximum Gasteiger partial charge on any atom is 0.175 e. The number of hydrogen-bond donors (Lipinski definition) is 0. The van der Waals surface area contributed by atoms with E-state index in [2.05, 4.69) is 0 Å². The zero-order chi connectivity index (χ0) is 16.0. The molecule has 0 saturated heterocycles. The minimum absolute atomic E-state index is 0.232. The van der Waals surface area contributed by atoms with Gasteiger partial charge in [-0.2, -0.15) is 0 Å². The summed E-state index contributed by atoms with van der Waals surface area (Å²) in [4.78, 5) is 12.7. The SMILES string of the molecule is CC(=O)[C@]1(c2ccc(S(C)(=O)=O)cc2)C[C@H]1C1CCCCC1. The molecule has 2 aliphatic carbocycles. The smallest absolute Gasteiger partial charge is 0.175 e. The van der Waals surface area contributed by atoms with Crippen LogP contribution in [0.2, 0.25) is 0 Å². The molecule has 0 amide bonds. The largest absolute Gasteiger partial charge is 0.299 e. The molecule has 0 heterocycles. The molecule has 4 heteroatoms. The molecule has 120 valence electrons. The van der Waals surface area contributed by atoms with Crippen LogP contribution < -0.4 is 0 Å². The number of sulfone groups is 1. The first-order valence-electron chi connectivity index (χ1n) is 8.17. The Kier molecular flexibility index (Phi) is 3.92. The van der Waals surface area contributed by atoms with Gasteiger partial charge in [0, 0.05) is 6.26 Å². The van der Waals surface area contributed by atoms with Gasteiger partial charge in [0.1, 0.15) is 5.78 Å². The normalized spacial score (nSPS) is 29.3. The van der Waals surface area contributed by atoms with Crippen molar-refractivity contribution in [3.8, 4) is 0 Å². The molecule has 2 saturated carbocycles. The van der Waals surface area contributed by atoms with Gasteiger partial charge in [0.05, 0.1) is 10.3 Å². The molecular weight excluding hydrogens is 296 g/mol. The van der Waals surface area contributed by atoms with E-state index in [-0.39, 0.29) is 11.2 Å². The van der Waals surface area contributed by atoms with Crippen molar-refractivity contribution in [2.75, 3.05) is 6.26 Å². The van der Waals surface area contributed by atoms with Crippen LogP contribution in [0.25, 0.3) is 0 Å². The summed E-state index contributed by atoms with van der Waals surface area (Å²) in [6.45, 7) is 1.69. The van der Waals surface area contributed by atoms with E-state index >= 15 is 0 Å². The quantitative estimate of drug-likeness (QED) is 0.853. The fraction of sp³-hybridized carbons (Fsp3) is 0.611. The average molecular weight is 320 g/mol. The predicted octanol–water partition coefficient (Wildman–Crippen LogP) is 3.52. The number of hydrogen-bond acceptors (Lipinski definition) is 3. The predicted molar refractivity (Wildman–Crippen MR) is 86.6 cm³/mol. The van der Waals surface area contributed by atoms with Crippen molar-refractivity contribution in [3.05, 3.63) is 29.8 Å². The number of rotatable bonds is 4. The van der Waals surface area contributed by atoms with Gasteiger partial charge in [0.25, 0.3) is 0 Å². The highest BCUT2D eigenvalue weighted by Gasteiger charge is 2.61. The monoisotopic (exact) mass is 320 g/mol. The summed E-state index contributed by atoms with van der Waals surface area (Å²) in [5, 5.41) is 0. The van der Waals surface area contributed by atoms with Crippen LogP contribution in [0.4, 0.5) is 0 Å². The molecule has 0 unspecified atom stereocenters. The molecule has 2 aliphatic rings. The van der Waals surface area contributed by atoms with Crippen LogP contribution in [0, 0.1) is 11.8 Å². The lowest BCUT2D eigenvalue weighted by molar-refractivity contribution is -0.120. The molecule has 3 nitrogen and oxygen atoms in total. The molecule has 0 spiro atoms. The summed E-state index contributed by atoms with van der Waals surface area (Å²) in [6, 6.07) is 6.98.